The van der Waals surface area contributed by atoms with Gasteiger partial charge in [-0.25, -0.2) is 0 Å². The number of nitrogens with zero attached hydrogens (tertiary/aromatic N) is 1. The zero-order valence-electron chi connectivity index (χ0n) is 10.5. The fraction of sp³-hybridized carbons (Fsp3) is 0.909. The van der Waals surface area contributed by atoms with Crippen LogP contribution >= 0.6 is 35.7 Å². The number of thioether (sulfide) groups is 1. The highest BCUT2D eigenvalue weighted by Crippen LogP contribution is 2.24. The van der Waals surface area contributed by atoms with Crippen LogP contribution in [-0.4, -0.2) is 29.0 Å². The number of hydrogen-bond donors (Lipinski definition) is 2. The second kappa shape index (κ2) is 7.63. The van der Waals surface area contributed by atoms with Crippen LogP contribution in [0.15, 0.2) is 4.99 Å². The van der Waals surface area contributed by atoms with Crippen LogP contribution < -0.4 is 11.1 Å². The summed E-state index contributed by atoms with van der Waals surface area (Å²) in [6.45, 7) is 7.12. The Bertz CT molecular complexity index is 220. The molecule has 0 saturated carbocycles. The van der Waals surface area contributed by atoms with Crippen LogP contribution in [0.25, 0.3) is 0 Å². The number of nitrogens with one attached hydrogen (secondary N) is 1. The normalized spacial score (nSPS) is 22.4. The minimum Gasteiger partial charge on any atom is -0.370 e. The molecule has 1 heterocycles. The van der Waals surface area contributed by atoms with Gasteiger partial charge in [-0.05, 0) is 39.4 Å². The SMILES string of the molecule is CC(C)(C)NC(N)=NCC1CCCCS1.I. The van der Waals surface area contributed by atoms with Crippen molar-refractivity contribution in [1.82, 2.24) is 5.32 Å². The van der Waals surface area contributed by atoms with Crippen LogP contribution in [0, 0.1) is 0 Å². The summed E-state index contributed by atoms with van der Waals surface area (Å²) in [5.41, 5.74) is 5.81. The molecule has 0 aromatic heterocycles. The van der Waals surface area contributed by atoms with Gasteiger partial charge in [0.1, 0.15) is 0 Å². The Labute approximate surface area is 120 Å². The lowest BCUT2D eigenvalue weighted by Gasteiger charge is -2.22. The van der Waals surface area contributed by atoms with E-state index in [0.717, 1.165) is 6.54 Å². The number of hydrogen-bond acceptors (Lipinski definition) is 2. The van der Waals surface area contributed by atoms with Gasteiger partial charge < -0.3 is 11.1 Å². The van der Waals surface area contributed by atoms with Gasteiger partial charge in [-0.1, -0.05) is 6.42 Å². The smallest absolute Gasteiger partial charge is 0.189 e. The van der Waals surface area contributed by atoms with E-state index in [1.165, 1.54) is 25.0 Å². The number of guanidine groups is 1. The van der Waals surface area contributed by atoms with E-state index < -0.39 is 0 Å². The second-order valence-corrected chi connectivity index (χ2v) is 6.50. The molecule has 0 bridgehead atoms. The predicted octanol–water partition coefficient (Wildman–Crippen LogP) is 2.59. The van der Waals surface area contributed by atoms with Crippen molar-refractivity contribution in [3.8, 4) is 0 Å². The van der Waals surface area contributed by atoms with Gasteiger partial charge in [0.15, 0.2) is 5.96 Å². The molecule has 1 atom stereocenters. The molecule has 0 aliphatic carbocycles. The third-order valence-electron chi connectivity index (χ3n) is 2.24. The molecular weight excluding hydrogens is 333 g/mol. The van der Waals surface area contributed by atoms with Gasteiger partial charge in [0, 0.05) is 10.8 Å². The lowest BCUT2D eigenvalue weighted by molar-refractivity contribution is 0.508. The molecule has 0 aromatic carbocycles. The summed E-state index contributed by atoms with van der Waals surface area (Å²) in [7, 11) is 0. The average molecular weight is 357 g/mol. The van der Waals surface area contributed by atoms with Gasteiger partial charge in [0.05, 0.1) is 6.54 Å². The second-order valence-electron chi connectivity index (χ2n) is 5.09. The lowest BCUT2D eigenvalue weighted by Crippen LogP contribution is -2.45. The maximum absolute atomic E-state index is 5.81. The van der Waals surface area contributed by atoms with E-state index in [0.29, 0.717) is 11.2 Å². The Morgan fingerprint density at radius 3 is 2.62 bits per heavy atom. The first-order valence-corrected chi connectivity index (χ1v) is 6.72. The van der Waals surface area contributed by atoms with Gasteiger partial charge in [-0.15, -0.1) is 24.0 Å². The first kappa shape index (κ1) is 16.4. The highest BCUT2D eigenvalue weighted by atomic mass is 127. The Morgan fingerprint density at radius 2 is 2.12 bits per heavy atom. The molecule has 1 aliphatic heterocycles. The van der Waals surface area contributed by atoms with Gasteiger partial charge >= 0.3 is 0 Å². The fourth-order valence-corrected chi connectivity index (χ4v) is 2.79. The van der Waals surface area contributed by atoms with Crippen molar-refractivity contribution in [2.75, 3.05) is 12.3 Å². The van der Waals surface area contributed by atoms with Crippen LogP contribution in [0.2, 0.25) is 0 Å². The summed E-state index contributed by atoms with van der Waals surface area (Å²) in [4.78, 5) is 4.40. The van der Waals surface area contributed by atoms with Crippen molar-refractivity contribution in [2.24, 2.45) is 10.7 Å². The largest absolute Gasteiger partial charge is 0.370 e. The van der Waals surface area contributed by atoms with E-state index in [1.807, 2.05) is 11.8 Å². The minimum atomic E-state index is 0. The quantitative estimate of drug-likeness (QED) is 0.454. The summed E-state index contributed by atoms with van der Waals surface area (Å²) < 4.78 is 0. The van der Waals surface area contributed by atoms with E-state index in [9.17, 15) is 0 Å². The van der Waals surface area contributed by atoms with E-state index in [1.54, 1.807) is 0 Å². The molecule has 3 N–H and O–H groups in total. The summed E-state index contributed by atoms with van der Waals surface area (Å²) in [5.74, 6) is 1.86. The fourth-order valence-electron chi connectivity index (χ4n) is 1.58. The zero-order chi connectivity index (χ0) is 11.3. The number of halogens is 1. The molecule has 0 amide bonds. The van der Waals surface area contributed by atoms with Crippen molar-refractivity contribution in [3.05, 3.63) is 0 Å². The van der Waals surface area contributed by atoms with Crippen molar-refractivity contribution in [1.29, 1.82) is 0 Å². The van der Waals surface area contributed by atoms with Crippen molar-refractivity contribution in [3.63, 3.8) is 0 Å². The molecule has 0 spiro atoms. The number of nitrogens with two attached hydrogens (primary N) is 1. The van der Waals surface area contributed by atoms with E-state index in [4.69, 9.17) is 5.73 Å². The molecule has 1 saturated heterocycles. The van der Waals surface area contributed by atoms with E-state index >= 15 is 0 Å². The summed E-state index contributed by atoms with van der Waals surface area (Å²) >= 11 is 2.03. The average Bonchev–Trinajstić information content (AvgIpc) is 2.14. The van der Waals surface area contributed by atoms with Crippen LogP contribution in [0.1, 0.15) is 40.0 Å². The monoisotopic (exact) mass is 357 g/mol. The van der Waals surface area contributed by atoms with Crippen LogP contribution in [0.5, 0.6) is 0 Å². The van der Waals surface area contributed by atoms with Gasteiger partial charge in [0.2, 0.25) is 0 Å². The Hall–Kier alpha value is 0.350. The number of rotatable bonds is 2. The highest BCUT2D eigenvalue weighted by molar-refractivity contribution is 14.0. The highest BCUT2D eigenvalue weighted by Gasteiger charge is 2.14. The van der Waals surface area contributed by atoms with Crippen molar-refractivity contribution < 1.29 is 0 Å². The standard InChI is InChI=1S/C11H23N3S.HI/c1-11(2,3)14-10(12)13-8-9-6-4-5-7-15-9;/h9H,4-8H2,1-3H3,(H3,12,13,14);1H. The first-order chi connectivity index (χ1) is 6.97. The molecule has 0 aromatic rings. The molecule has 5 heteroatoms. The Morgan fingerprint density at radius 1 is 1.44 bits per heavy atom. The maximum Gasteiger partial charge on any atom is 0.189 e. The van der Waals surface area contributed by atoms with Crippen LogP contribution in [0.4, 0.5) is 0 Å². The summed E-state index contributed by atoms with van der Waals surface area (Å²) in [5, 5.41) is 3.86. The summed E-state index contributed by atoms with van der Waals surface area (Å²) in [6, 6.07) is 0. The minimum absolute atomic E-state index is 0. The Balaban J connectivity index is 0.00000225. The van der Waals surface area contributed by atoms with Gasteiger partial charge in [0.25, 0.3) is 0 Å². The molecular formula is C11H24IN3S. The molecule has 16 heavy (non-hydrogen) atoms. The molecule has 1 unspecified atom stereocenters. The lowest BCUT2D eigenvalue weighted by atomic mass is 10.1. The molecule has 1 aliphatic rings. The van der Waals surface area contributed by atoms with Gasteiger partial charge in [-0.2, -0.15) is 11.8 Å². The Kier molecular flexibility index (Phi) is 7.80. The topological polar surface area (TPSA) is 50.4 Å². The van der Waals surface area contributed by atoms with Crippen LogP contribution in [0.3, 0.4) is 0 Å². The molecule has 3 nitrogen and oxygen atoms in total. The number of aliphatic imine (C=N–C) groups is 1. The van der Waals surface area contributed by atoms with Crippen molar-refractivity contribution >= 4 is 41.7 Å². The summed E-state index contributed by atoms with van der Waals surface area (Å²) in [6.07, 6.45) is 4.00. The molecule has 96 valence electrons. The van der Waals surface area contributed by atoms with Crippen LogP contribution in [-0.2, 0) is 0 Å². The van der Waals surface area contributed by atoms with Gasteiger partial charge in [-0.3, -0.25) is 4.99 Å². The third kappa shape index (κ3) is 7.60. The van der Waals surface area contributed by atoms with E-state index in [-0.39, 0.29) is 29.5 Å². The van der Waals surface area contributed by atoms with Crippen molar-refractivity contribution in [2.45, 2.75) is 50.8 Å². The third-order valence-corrected chi connectivity index (χ3v) is 3.62. The molecule has 1 rings (SSSR count). The first-order valence-electron chi connectivity index (χ1n) is 5.67. The molecule has 1 fully saturated rings. The predicted molar refractivity (Wildman–Crippen MR) is 84.9 cm³/mol. The molecule has 0 radical (unpaired) electrons. The van der Waals surface area contributed by atoms with E-state index in [2.05, 4.69) is 31.1 Å². The zero-order valence-corrected chi connectivity index (χ0v) is 13.6. The maximum atomic E-state index is 5.81.